The summed E-state index contributed by atoms with van der Waals surface area (Å²) in [5.74, 6) is 0.963. The van der Waals surface area contributed by atoms with Crippen LogP contribution in [0.2, 0.25) is 0 Å². The van der Waals surface area contributed by atoms with Gasteiger partial charge in [0.25, 0.3) is 0 Å². The molecule has 94 valence electrons. The fourth-order valence-electron chi connectivity index (χ4n) is 2.66. The van der Waals surface area contributed by atoms with Crippen molar-refractivity contribution in [3.63, 3.8) is 0 Å². The van der Waals surface area contributed by atoms with E-state index < -0.39 is 0 Å². The lowest BCUT2D eigenvalue weighted by atomic mass is 9.88. The molecule has 1 aliphatic carbocycles. The molecule has 3 heteroatoms. The second-order valence-electron chi connectivity index (χ2n) is 5.26. The number of nitrogens with two attached hydrogens (primary N) is 1. The molecule has 0 aromatic carbocycles. The van der Waals surface area contributed by atoms with Crippen LogP contribution in [0.15, 0.2) is 0 Å². The predicted molar refractivity (Wildman–Crippen MR) is 67.0 cm³/mol. The minimum absolute atomic E-state index is 0.0399. The molecule has 1 aliphatic rings. The molecule has 0 heterocycles. The minimum atomic E-state index is 0.0399. The van der Waals surface area contributed by atoms with Crippen molar-refractivity contribution in [2.45, 2.75) is 44.9 Å². The number of nitrogens with zero attached hydrogens (tertiary/aromatic N) is 1. The van der Waals surface area contributed by atoms with Crippen LogP contribution in [0.4, 0.5) is 0 Å². The summed E-state index contributed by atoms with van der Waals surface area (Å²) >= 11 is 0. The van der Waals surface area contributed by atoms with E-state index in [4.69, 9.17) is 5.73 Å². The first-order valence-corrected chi connectivity index (χ1v) is 6.56. The van der Waals surface area contributed by atoms with E-state index in [1.165, 1.54) is 38.5 Å². The molecule has 3 nitrogen and oxygen atoms in total. The van der Waals surface area contributed by atoms with Crippen LogP contribution in [-0.4, -0.2) is 31.4 Å². The molecule has 1 saturated carbocycles. The molecular formula is C13H26N2O. The van der Waals surface area contributed by atoms with Crippen molar-refractivity contribution in [2.75, 3.05) is 20.6 Å². The maximum atomic E-state index is 11.9. The van der Waals surface area contributed by atoms with E-state index in [1.54, 1.807) is 4.90 Å². The van der Waals surface area contributed by atoms with Crippen LogP contribution in [0.25, 0.3) is 0 Å². The van der Waals surface area contributed by atoms with E-state index in [2.05, 4.69) is 0 Å². The molecule has 0 aliphatic heterocycles. The summed E-state index contributed by atoms with van der Waals surface area (Å²) in [6.45, 7) is 0.494. The smallest absolute Gasteiger partial charge is 0.226 e. The van der Waals surface area contributed by atoms with Gasteiger partial charge < -0.3 is 10.6 Å². The maximum absolute atomic E-state index is 11.9. The van der Waals surface area contributed by atoms with E-state index in [9.17, 15) is 4.79 Å². The first kappa shape index (κ1) is 13.5. The van der Waals surface area contributed by atoms with Gasteiger partial charge in [0.1, 0.15) is 0 Å². The number of amides is 1. The Morgan fingerprint density at radius 3 is 2.25 bits per heavy atom. The average Bonchev–Trinajstić information content (AvgIpc) is 2.53. The molecule has 0 aromatic heterocycles. The summed E-state index contributed by atoms with van der Waals surface area (Å²) < 4.78 is 0. The third kappa shape index (κ3) is 4.12. The normalized spacial score (nSPS) is 20.2. The molecule has 1 rings (SSSR count). The Kier molecular flexibility index (Phi) is 5.81. The third-order valence-corrected chi connectivity index (χ3v) is 3.67. The van der Waals surface area contributed by atoms with Crippen LogP contribution < -0.4 is 5.73 Å². The Morgan fingerprint density at radius 1 is 1.25 bits per heavy atom. The first-order valence-electron chi connectivity index (χ1n) is 6.56. The molecule has 16 heavy (non-hydrogen) atoms. The van der Waals surface area contributed by atoms with Gasteiger partial charge in [0.15, 0.2) is 0 Å². The summed E-state index contributed by atoms with van der Waals surface area (Å²) in [6.07, 6.45) is 8.97. The molecule has 0 saturated heterocycles. The van der Waals surface area contributed by atoms with Crippen LogP contribution in [0, 0.1) is 11.8 Å². The summed E-state index contributed by atoms with van der Waals surface area (Å²) in [5.41, 5.74) is 5.72. The number of carbonyl (C=O) groups is 1. The fourth-order valence-corrected chi connectivity index (χ4v) is 2.66. The van der Waals surface area contributed by atoms with Crippen molar-refractivity contribution < 1.29 is 4.79 Å². The highest BCUT2D eigenvalue weighted by Crippen LogP contribution is 2.28. The van der Waals surface area contributed by atoms with Crippen molar-refractivity contribution in [3.8, 4) is 0 Å². The van der Waals surface area contributed by atoms with E-state index >= 15 is 0 Å². The standard InChI is InChI=1S/C13H26N2O/c1-15(2)13(16)12(10-14)9-11-7-5-3-4-6-8-11/h11-12H,3-10,14H2,1-2H3. The Hall–Kier alpha value is -0.570. The summed E-state index contributed by atoms with van der Waals surface area (Å²) in [5, 5.41) is 0. The quantitative estimate of drug-likeness (QED) is 0.745. The average molecular weight is 226 g/mol. The summed E-state index contributed by atoms with van der Waals surface area (Å²) in [7, 11) is 3.64. The fraction of sp³-hybridized carbons (Fsp3) is 0.923. The van der Waals surface area contributed by atoms with Crippen LogP contribution in [0.5, 0.6) is 0 Å². The van der Waals surface area contributed by atoms with Gasteiger partial charge in [-0.05, 0) is 12.3 Å². The Morgan fingerprint density at radius 2 is 1.81 bits per heavy atom. The van der Waals surface area contributed by atoms with Gasteiger partial charge in [-0.1, -0.05) is 38.5 Å². The van der Waals surface area contributed by atoms with Gasteiger partial charge in [-0.15, -0.1) is 0 Å². The lowest BCUT2D eigenvalue weighted by Gasteiger charge is -2.23. The van der Waals surface area contributed by atoms with Gasteiger partial charge in [-0.3, -0.25) is 4.79 Å². The van der Waals surface area contributed by atoms with Crippen molar-refractivity contribution in [1.29, 1.82) is 0 Å². The van der Waals surface area contributed by atoms with Crippen molar-refractivity contribution in [1.82, 2.24) is 4.90 Å². The lowest BCUT2D eigenvalue weighted by Crippen LogP contribution is -2.35. The zero-order valence-corrected chi connectivity index (χ0v) is 10.7. The van der Waals surface area contributed by atoms with Crippen molar-refractivity contribution >= 4 is 5.91 Å². The zero-order chi connectivity index (χ0) is 12.0. The molecule has 1 fully saturated rings. The first-order chi connectivity index (χ1) is 7.65. The SMILES string of the molecule is CN(C)C(=O)C(CN)CC1CCCCCC1. The number of rotatable bonds is 4. The third-order valence-electron chi connectivity index (χ3n) is 3.67. The molecule has 0 spiro atoms. The van der Waals surface area contributed by atoms with Crippen LogP contribution in [-0.2, 0) is 4.79 Å². The minimum Gasteiger partial charge on any atom is -0.349 e. The Bertz CT molecular complexity index is 208. The Balaban J connectivity index is 2.44. The van der Waals surface area contributed by atoms with Crippen LogP contribution in [0.3, 0.4) is 0 Å². The van der Waals surface area contributed by atoms with Crippen LogP contribution >= 0.6 is 0 Å². The monoisotopic (exact) mass is 226 g/mol. The predicted octanol–water partition coefficient (Wildman–Crippen LogP) is 2.01. The summed E-state index contributed by atoms with van der Waals surface area (Å²) in [4.78, 5) is 13.6. The molecule has 0 aromatic rings. The zero-order valence-electron chi connectivity index (χ0n) is 10.7. The Labute approximate surface area is 99.4 Å². The topological polar surface area (TPSA) is 46.3 Å². The van der Waals surface area contributed by atoms with E-state index in [-0.39, 0.29) is 11.8 Å². The van der Waals surface area contributed by atoms with Crippen molar-refractivity contribution in [3.05, 3.63) is 0 Å². The summed E-state index contributed by atoms with van der Waals surface area (Å²) in [6, 6.07) is 0. The van der Waals surface area contributed by atoms with Gasteiger partial charge in [-0.2, -0.15) is 0 Å². The van der Waals surface area contributed by atoms with Gasteiger partial charge in [0.05, 0.1) is 5.92 Å². The van der Waals surface area contributed by atoms with Gasteiger partial charge in [0.2, 0.25) is 5.91 Å². The van der Waals surface area contributed by atoms with Gasteiger partial charge in [0, 0.05) is 20.6 Å². The molecule has 1 amide bonds. The lowest BCUT2D eigenvalue weighted by molar-refractivity contribution is -0.133. The van der Waals surface area contributed by atoms with E-state index in [0.29, 0.717) is 6.54 Å². The maximum Gasteiger partial charge on any atom is 0.226 e. The second-order valence-corrected chi connectivity index (χ2v) is 5.26. The van der Waals surface area contributed by atoms with Gasteiger partial charge >= 0.3 is 0 Å². The highest BCUT2D eigenvalue weighted by Gasteiger charge is 2.23. The highest BCUT2D eigenvalue weighted by molar-refractivity contribution is 5.78. The largest absolute Gasteiger partial charge is 0.349 e. The van der Waals surface area contributed by atoms with E-state index in [1.807, 2.05) is 14.1 Å². The van der Waals surface area contributed by atoms with Crippen molar-refractivity contribution in [2.24, 2.45) is 17.6 Å². The highest BCUT2D eigenvalue weighted by atomic mass is 16.2. The molecular weight excluding hydrogens is 200 g/mol. The second kappa shape index (κ2) is 6.89. The molecule has 1 atom stereocenters. The van der Waals surface area contributed by atoms with Crippen LogP contribution in [0.1, 0.15) is 44.9 Å². The van der Waals surface area contributed by atoms with E-state index in [0.717, 1.165) is 12.3 Å². The molecule has 1 unspecified atom stereocenters. The molecule has 0 bridgehead atoms. The van der Waals surface area contributed by atoms with Gasteiger partial charge in [-0.25, -0.2) is 0 Å². The number of hydrogen-bond donors (Lipinski definition) is 1. The molecule has 0 radical (unpaired) electrons. The molecule has 2 N–H and O–H groups in total. The number of carbonyl (C=O) groups excluding carboxylic acids is 1. The number of hydrogen-bond acceptors (Lipinski definition) is 2.